The normalized spacial score (nSPS) is 11.7. The highest BCUT2D eigenvalue weighted by Gasteiger charge is 2.13. The van der Waals surface area contributed by atoms with E-state index < -0.39 is 10.0 Å². The molecule has 0 atom stereocenters. The van der Waals surface area contributed by atoms with Crippen molar-refractivity contribution in [1.82, 2.24) is 19.7 Å². The molecule has 10 nitrogen and oxygen atoms in total. The Morgan fingerprint density at radius 1 is 1.27 bits per heavy atom. The maximum Gasteiger partial charge on any atom is 0.320 e. The zero-order chi connectivity index (χ0) is 18.7. The Morgan fingerprint density at radius 3 is 2.65 bits per heavy atom. The predicted octanol–water partition coefficient (Wildman–Crippen LogP) is -0.00610. The number of fused-ring (bicyclic) bond motifs is 1. The fourth-order valence-electron chi connectivity index (χ4n) is 2.32. The molecule has 1 aromatic carbocycles. The first-order chi connectivity index (χ1) is 12.4. The Labute approximate surface area is 149 Å². The summed E-state index contributed by atoms with van der Waals surface area (Å²) in [5.41, 5.74) is 1.42. The largest absolute Gasteiger partial charge is 0.461 e. The molecule has 138 valence electrons. The van der Waals surface area contributed by atoms with Crippen LogP contribution in [0.2, 0.25) is 0 Å². The van der Waals surface area contributed by atoms with E-state index in [9.17, 15) is 8.42 Å². The fourth-order valence-corrected chi connectivity index (χ4v) is 2.84. The molecule has 0 saturated heterocycles. The summed E-state index contributed by atoms with van der Waals surface area (Å²) in [6, 6.07) is 6.35. The lowest BCUT2D eigenvalue weighted by Gasteiger charge is -2.10. The minimum absolute atomic E-state index is 0.0534. The molecule has 4 N–H and O–H groups in total. The van der Waals surface area contributed by atoms with Gasteiger partial charge in [0.25, 0.3) is 0 Å². The Hall–Kier alpha value is -2.76. The average molecular weight is 378 g/mol. The minimum atomic E-state index is -3.72. The van der Waals surface area contributed by atoms with E-state index in [1.165, 1.54) is 12.1 Å². The number of nitrogens with zero attached hydrogens (tertiary/aromatic N) is 4. The van der Waals surface area contributed by atoms with Crippen LogP contribution in [0.25, 0.3) is 11.0 Å². The van der Waals surface area contributed by atoms with Crippen LogP contribution in [0, 0.1) is 0 Å². The van der Waals surface area contributed by atoms with Crippen molar-refractivity contribution in [2.45, 2.75) is 11.4 Å². The van der Waals surface area contributed by atoms with Crippen molar-refractivity contribution in [2.24, 2.45) is 12.2 Å². The van der Waals surface area contributed by atoms with Gasteiger partial charge in [0.1, 0.15) is 12.4 Å². The predicted molar refractivity (Wildman–Crippen MR) is 94.0 cm³/mol. The standard InChI is InChI=1S/C15H18N6O4S/c1-21-14-12(9-18-21)13(19-15(20-14)25-7-6-22)17-8-10-2-4-11(5-3-10)26(16,23)24/h2-5,9,22H,6-8H2,1H3,(H2,16,23,24)(H,17,19,20). The molecule has 11 heteroatoms. The number of anilines is 1. The Morgan fingerprint density at radius 2 is 2.00 bits per heavy atom. The number of aliphatic hydroxyl groups excluding tert-OH is 1. The molecule has 0 radical (unpaired) electrons. The smallest absolute Gasteiger partial charge is 0.320 e. The SMILES string of the molecule is Cn1ncc2c(NCc3ccc(S(N)(=O)=O)cc3)nc(OCCO)nc21. The second-order valence-electron chi connectivity index (χ2n) is 5.47. The third-order valence-electron chi connectivity index (χ3n) is 3.61. The molecule has 0 aliphatic heterocycles. The number of aryl methyl sites for hydroxylation is 1. The lowest BCUT2D eigenvalue weighted by Crippen LogP contribution is -2.12. The molecule has 2 heterocycles. The van der Waals surface area contributed by atoms with Gasteiger partial charge in [0.05, 0.1) is 23.1 Å². The molecule has 0 bridgehead atoms. The van der Waals surface area contributed by atoms with Crippen molar-refractivity contribution in [2.75, 3.05) is 18.5 Å². The maximum atomic E-state index is 11.3. The van der Waals surface area contributed by atoms with Crippen LogP contribution in [0.1, 0.15) is 5.56 Å². The molecule has 3 rings (SSSR count). The summed E-state index contributed by atoms with van der Waals surface area (Å²) >= 11 is 0. The average Bonchev–Trinajstić information content (AvgIpc) is 2.99. The first-order valence-electron chi connectivity index (χ1n) is 7.67. The van der Waals surface area contributed by atoms with E-state index in [2.05, 4.69) is 20.4 Å². The molecule has 0 unspecified atom stereocenters. The van der Waals surface area contributed by atoms with Crippen molar-refractivity contribution in [3.05, 3.63) is 36.0 Å². The number of nitrogens with two attached hydrogens (primary N) is 1. The summed E-state index contributed by atoms with van der Waals surface area (Å²) in [5.74, 6) is 0.520. The van der Waals surface area contributed by atoms with Gasteiger partial charge in [-0.3, -0.25) is 4.68 Å². The molecule has 3 aromatic rings. The van der Waals surface area contributed by atoms with Gasteiger partial charge in [-0.05, 0) is 17.7 Å². The number of benzene rings is 1. The molecule has 0 fully saturated rings. The van der Waals surface area contributed by atoms with Gasteiger partial charge in [-0.15, -0.1) is 0 Å². The Bertz CT molecular complexity index is 1020. The summed E-state index contributed by atoms with van der Waals surface area (Å²) < 4.78 is 29.5. The van der Waals surface area contributed by atoms with E-state index in [4.69, 9.17) is 15.0 Å². The van der Waals surface area contributed by atoms with Gasteiger partial charge in [0.2, 0.25) is 10.0 Å². The topological polar surface area (TPSA) is 145 Å². The van der Waals surface area contributed by atoms with Crippen LogP contribution in [0.4, 0.5) is 5.82 Å². The zero-order valence-corrected chi connectivity index (χ0v) is 14.8. The first-order valence-corrected chi connectivity index (χ1v) is 9.22. The first kappa shape index (κ1) is 18.0. The van der Waals surface area contributed by atoms with E-state index in [0.29, 0.717) is 23.4 Å². The van der Waals surface area contributed by atoms with Gasteiger partial charge < -0.3 is 15.2 Å². The number of nitrogens with one attached hydrogen (secondary N) is 1. The van der Waals surface area contributed by atoms with Gasteiger partial charge in [0.15, 0.2) is 5.65 Å². The number of ether oxygens (including phenoxy) is 1. The van der Waals surface area contributed by atoms with Crippen LogP contribution in [-0.2, 0) is 23.6 Å². The maximum absolute atomic E-state index is 11.3. The van der Waals surface area contributed by atoms with Crippen LogP contribution >= 0.6 is 0 Å². The molecule has 0 saturated carbocycles. The molecule has 0 spiro atoms. The van der Waals surface area contributed by atoms with Crippen molar-refractivity contribution in [3.63, 3.8) is 0 Å². The molecule has 0 aliphatic rings. The monoisotopic (exact) mass is 378 g/mol. The molecular weight excluding hydrogens is 360 g/mol. The molecule has 0 aliphatic carbocycles. The Kier molecular flexibility index (Phi) is 5.02. The lowest BCUT2D eigenvalue weighted by molar-refractivity contribution is 0.192. The zero-order valence-electron chi connectivity index (χ0n) is 14.0. The van der Waals surface area contributed by atoms with Crippen LogP contribution < -0.4 is 15.2 Å². The van der Waals surface area contributed by atoms with E-state index in [1.807, 2.05) is 0 Å². The quantitative estimate of drug-likeness (QED) is 0.520. The lowest BCUT2D eigenvalue weighted by atomic mass is 10.2. The third kappa shape index (κ3) is 3.90. The van der Waals surface area contributed by atoms with Gasteiger partial charge in [0, 0.05) is 13.6 Å². The molecule has 26 heavy (non-hydrogen) atoms. The van der Waals surface area contributed by atoms with Crippen molar-refractivity contribution in [1.29, 1.82) is 0 Å². The van der Waals surface area contributed by atoms with Crippen LogP contribution in [-0.4, -0.2) is 46.5 Å². The van der Waals surface area contributed by atoms with Crippen LogP contribution in [0.15, 0.2) is 35.4 Å². The van der Waals surface area contributed by atoms with Crippen molar-refractivity contribution < 1.29 is 18.3 Å². The molecular formula is C15H18N6O4S. The van der Waals surface area contributed by atoms with E-state index in [1.54, 1.807) is 30.1 Å². The highest BCUT2D eigenvalue weighted by atomic mass is 32.2. The van der Waals surface area contributed by atoms with Crippen LogP contribution in [0.5, 0.6) is 6.01 Å². The van der Waals surface area contributed by atoms with Gasteiger partial charge in [-0.25, -0.2) is 13.6 Å². The number of hydrogen-bond acceptors (Lipinski definition) is 8. The van der Waals surface area contributed by atoms with E-state index >= 15 is 0 Å². The molecule has 2 aromatic heterocycles. The summed E-state index contributed by atoms with van der Waals surface area (Å²) in [4.78, 5) is 8.61. The second-order valence-corrected chi connectivity index (χ2v) is 7.04. The summed E-state index contributed by atoms with van der Waals surface area (Å²) in [5, 5.41) is 22.0. The summed E-state index contributed by atoms with van der Waals surface area (Å²) in [6.07, 6.45) is 1.64. The number of sulfonamides is 1. The summed E-state index contributed by atoms with van der Waals surface area (Å²) in [6.45, 7) is 0.328. The Balaban J connectivity index is 1.83. The second kappa shape index (κ2) is 7.23. The minimum Gasteiger partial charge on any atom is -0.461 e. The van der Waals surface area contributed by atoms with Gasteiger partial charge in [-0.2, -0.15) is 15.1 Å². The number of aliphatic hydroxyl groups is 1. The van der Waals surface area contributed by atoms with Crippen molar-refractivity contribution in [3.8, 4) is 6.01 Å². The van der Waals surface area contributed by atoms with E-state index in [0.717, 1.165) is 5.56 Å². The number of primary sulfonamides is 1. The highest BCUT2D eigenvalue weighted by Crippen LogP contribution is 2.23. The van der Waals surface area contributed by atoms with Crippen molar-refractivity contribution >= 4 is 26.9 Å². The number of rotatable bonds is 7. The number of hydrogen-bond donors (Lipinski definition) is 3. The highest BCUT2D eigenvalue weighted by molar-refractivity contribution is 7.89. The van der Waals surface area contributed by atoms with E-state index in [-0.39, 0.29) is 24.1 Å². The summed E-state index contributed by atoms with van der Waals surface area (Å²) in [7, 11) is -1.97. The fraction of sp³-hybridized carbons (Fsp3) is 0.267. The third-order valence-corrected chi connectivity index (χ3v) is 4.54. The van der Waals surface area contributed by atoms with Gasteiger partial charge in [-0.1, -0.05) is 12.1 Å². The van der Waals surface area contributed by atoms with Crippen LogP contribution in [0.3, 0.4) is 0 Å². The molecule has 0 amide bonds. The van der Waals surface area contributed by atoms with Gasteiger partial charge >= 0.3 is 6.01 Å². The number of aromatic nitrogens is 4.